The third-order valence-corrected chi connectivity index (χ3v) is 9.14. The molecule has 2 heterocycles. The summed E-state index contributed by atoms with van der Waals surface area (Å²) in [4.78, 5) is 15.1. The van der Waals surface area contributed by atoms with Crippen LogP contribution >= 0.6 is 11.3 Å². The molecule has 1 aliphatic carbocycles. The zero-order valence-corrected chi connectivity index (χ0v) is 18.1. The highest BCUT2D eigenvalue weighted by Crippen LogP contribution is 2.28. The summed E-state index contributed by atoms with van der Waals surface area (Å²) in [6, 6.07) is 6.28. The molecule has 1 saturated heterocycles. The Hall–Kier alpha value is -1.55. The number of nitrogens with zero attached hydrogens (tertiary/aromatic N) is 3. The minimum absolute atomic E-state index is 0.0763. The standard InChI is InChI=1S/C20H26FN3O3S2/c1-22(17-5-3-2-4-6-17)29(26,27)24-11-9-23(10-12-24)20(25)19-14-15-13-16(21)7-8-18(15)28-19/h7-8,13-14,17H,2-6,9-12H2,1H3. The lowest BCUT2D eigenvalue weighted by atomic mass is 9.96. The molecular weight excluding hydrogens is 413 g/mol. The summed E-state index contributed by atoms with van der Waals surface area (Å²) in [7, 11) is -1.83. The maximum absolute atomic E-state index is 13.4. The molecule has 2 fully saturated rings. The van der Waals surface area contributed by atoms with Gasteiger partial charge >= 0.3 is 0 Å². The fourth-order valence-corrected chi connectivity index (χ4v) is 6.80. The van der Waals surface area contributed by atoms with Crippen molar-refractivity contribution in [1.29, 1.82) is 0 Å². The van der Waals surface area contributed by atoms with Crippen molar-refractivity contribution in [2.45, 2.75) is 38.1 Å². The number of amides is 1. The SMILES string of the molecule is CN(C1CCCCC1)S(=O)(=O)N1CCN(C(=O)c2cc3cc(F)ccc3s2)CC1. The molecule has 158 valence electrons. The number of rotatable bonds is 4. The van der Waals surface area contributed by atoms with Gasteiger partial charge in [0.2, 0.25) is 0 Å². The second kappa shape index (κ2) is 8.29. The van der Waals surface area contributed by atoms with Crippen molar-refractivity contribution in [3.05, 3.63) is 35.0 Å². The second-order valence-electron chi connectivity index (χ2n) is 7.80. The topological polar surface area (TPSA) is 60.9 Å². The van der Waals surface area contributed by atoms with Gasteiger partial charge in [0.05, 0.1) is 4.88 Å². The number of benzene rings is 1. The number of carbonyl (C=O) groups is 1. The van der Waals surface area contributed by atoms with Crippen molar-refractivity contribution in [2.75, 3.05) is 33.2 Å². The number of hydrogen-bond donors (Lipinski definition) is 0. The molecule has 2 aliphatic rings. The first-order valence-corrected chi connectivity index (χ1v) is 12.3. The molecule has 4 rings (SSSR count). The Morgan fingerprint density at radius 2 is 1.79 bits per heavy atom. The van der Waals surface area contributed by atoms with E-state index in [-0.39, 0.29) is 17.8 Å². The molecular formula is C20H26FN3O3S2. The highest BCUT2D eigenvalue weighted by atomic mass is 32.2. The lowest BCUT2D eigenvalue weighted by Gasteiger charge is -2.38. The molecule has 1 aromatic carbocycles. The normalized spacial score (nSPS) is 19.9. The largest absolute Gasteiger partial charge is 0.335 e. The van der Waals surface area contributed by atoms with Crippen LogP contribution in [0.25, 0.3) is 10.1 Å². The van der Waals surface area contributed by atoms with E-state index in [4.69, 9.17) is 0 Å². The molecule has 1 amide bonds. The van der Waals surface area contributed by atoms with Crippen LogP contribution in [0.2, 0.25) is 0 Å². The maximum Gasteiger partial charge on any atom is 0.282 e. The van der Waals surface area contributed by atoms with E-state index in [0.717, 1.165) is 30.4 Å². The van der Waals surface area contributed by atoms with Crippen LogP contribution in [-0.4, -0.2) is 67.1 Å². The molecule has 29 heavy (non-hydrogen) atoms. The van der Waals surface area contributed by atoms with Gasteiger partial charge < -0.3 is 4.90 Å². The predicted octanol–water partition coefficient (Wildman–Crippen LogP) is 3.31. The van der Waals surface area contributed by atoms with E-state index >= 15 is 0 Å². The van der Waals surface area contributed by atoms with Gasteiger partial charge in [-0.15, -0.1) is 11.3 Å². The fourth-order valence-electron chi connectivity index (χ4n) is 4.21. The van der Waals surface area contributed by atoms with E-state index in [9.17, 15) is 17.6 Å². The maximum atomic E-state index is 13.4. The van der Waals surface area contributed by atoms with E-state index < -0.39 is 10.2 Å². The molecule has 1 saturated carbocycles. The minimum Gasteiger partial charge on any atom is -0.335 e. The highest BCUT2D eigenvalue weighted by molar-refractivity contribution is 7.86. The number of thiophene rings is 1. The van der Waals surface area contributed by atoms with E-state index in [2.05, 4.69) is 0 Å². The Labute approximate surface area is 175 Å². The van der Waals surface area contributed by atoms with Crippen LogP contribution in [0.4, 0.5) is 4.39 Å². The number of fused-ring (bicyclic) bond motifs is 1. The van der Waals surface area contributed by atoms with E-state index in [1.165, 1.54) is 38.5 Å². The van der Waals surface area contributed by atoms with Crippen LogP contribution in [-0.2, 0) is 10.2 Å². The van der Waals surface area contributed by atoms with Crippen molar-refractivity contribution < 1.29 is 17.6 Å². The number of piperazine rings is 1. The smallest absolute Gasteiger partial charge is 0.282 e. The van der Waals surface area contributed by atoms with Crippen molar-refractivity contribution in [2.24, 2.45) is 0 Å². The van der Waals surface area contributed by atoms with Crippen LogP contribution in [0.15, 0.2) is 24.3 Å². The summed E-state index contributed by atoms with van der Waals surface area (Å²) >= 11 is 1.34. The van der Waals surface area contributed by atoms with Crippen molar-refractivity contribution in [3.8, 4) is 0 Å². The van der Waals surface area contributed by atoms with Gasteiger partial charge in [0.1, 0.15) is 5.82 Å². The molecule has 0 radical (unpaired) electrons. The average molecular weight is 440 g/mol. The van der Waals surface area contributed by atoms with Gasteiger partial charge in [-0.1, -0.05) is 19.3 Å². The molecule has 0 N–H and O–H groups in total. The van der Waals surface area contributed by atoms with Crippen LogP contribution in [0.5, 0.6) is 0 Å². The zero-order valence-electron chi connectivity index (χ0n) is 16.5. The van der Waals surface area contributed by atoms with Gasteiger partial charge in [-0.2, -0.15) is 17.0 Å². The first-order chi connectivity index (χ1) is 13.9. The zero-order chi connectivity index (χ0) is 20.6. The fraction of sp³-hybridized carbons (Fsp3) is 0.550. The molecule has 0 spiro atoms. The third-order valence-electron chi connectivity index (χ3n) is 5.99. The van der Waals surface area contributed by atoms with Crippen LogP contribution < -0.4 is 0 Å². The quantitative estimate of drug-likeness (QED) is 0.734. The van der Waals surface area contributed by atoms with Crippen molar-refractivity contribution in [3.63, 3.8) is 0 Å². The molecule has 0 bridgehead atoms. The number of halogens is 1. The Balaban J connectivity index is 1.40. The minimum atomic E-state index is -3.51. The molecule has 2 aromatic rings. The Kier molecular flexibility index (Phi) is 5.92. The highest BCUT2D eigenvalue weighted by Gasteiger charge is 2.35. The molecule has 1 aliphatic heterocycles. The van der Waals surface area contributed by atoms with Gasteiger partial charge in [0.25, 0.3) is 16.1 Å². The summed E-state index contributed by atoms with van der Waals surface area (Å²) in [5, 5.41) is 0.716. The molecule has 0 atom stereocenters. The van der Waals surface area contributed by atoms with E-state index in [1.54, 1.807) is 24.1 Å². The van der Waals surface area contributed by atoms with Gasteiger partial charge in [-0.3, -0.25) is 4.79 Å². The summed E-state index contributed by atoms with van der Waals surface area (Å²) in [5.41, 5.74) is 0. The Morgan fingerprint density at radius 1 is 1.10 bits per heavy atom. The van der Waals surface area contributed by atoms with Crippen molar-refractivity contribution in [1.82, 2.24) is 13.5 Å². The molecule has 0 unspecified atom stereocenters. The first kappa shape index (κ1) is 20.7. The van der Waals surface area contributed by atoms with Gasteiger partial charge in [-0.05, 0) is 42.5 Å². The summed E-state index contributed by atoms with van der Waals surface area (Å²) in [6.07, 6.45) is 5.16. The van der Waals surface area contributed by atoms with Gasteiger partial charge in [0, 0.05) is 44.0 Å². The second-order valence-corrected chi connectivity index (χ2v) is 10.9. The lowest BCUT2D eigenvalue weighted by Crippen LogP contribution is -2.55. The average Bonchev–Trinajstić information content (AvgIpc) is 3.16. The van der Waals surface area contributed by atoms with Crippen LogP contribution in [0, 0.1) is 5.82 Å². The summed E-state index contributed by atoms with van der Waals surface area (Å²) < 4.78 is 43.3. The first-order valence-electron chi connectivity index (χ1n) is 10.1. The Morgan fingerprint density at radius 3 is 2.48 bits per heavy atom. The molecule has 1 aromatic heterocycles. The number of carbonyl (C=O) groups excluding carboxylic acids is 1. The predicted molar refractivity (Wildman–Crippen MR) is 113 cm³/mol. The van der Waals surface area contributed by atoms with Crippen molar-refractivity contribution >= 4 is 37.5 Å². The molecule has 9 heteroatoms. The van der Waals surface area contributed by atoms with E-state index in [1.807, 2.05) is 0 Å². The number of hydrogen-bond acceptors (Lipinski definition) is 4. The lowest BCUT2D eigenvalue weighted by molar-refractivity contribution is 0.0698. The summed E-state index contributed by atoms with van der Waals surface area (Å²) in [5.74, 6) is -0.445. The van der Waals surface area contributed by atoms with Gasteiger partial charge in [0.15, 0.2) is 0 Å². The van der Waals surface area contributed by atoms with Crippen LogP contribution in [0.3, 0.4) is 0 Å². The van der Waals surface area contributed by atoms with E-state index in [0.29, 0.717) is 36.4 Å². The summed E-state index contributed by atoms with van der Waals surface area (Å²) in [6.45, 7) is 1.31. The van der Waals surface area contributed by atoms with Crippen LogP contribution in [0.1, 0.15) is 41.8 Å². The molecule has 6 nitrogen and oxygen atoms in total. The monoisotopic (exact) mass is 439 g/mol. The Bertz CT molecular complexity index is 994. The third kappa shape index (κ3) is 4.19. The van der Waals surface area contributed by atoms with Gasteiger partial charge in [-0.25, -0.2) is 4.39 Å².